The van der Waals surface area contributed by atoms with Gasteiger partial charge in [0.05, 0.1) is 0 Å². The molecule has 0 aliphatic rings. The van der Waals surface area contributed by atoms with Crippen LogP contribution in [0.2, 0.25) is 0 Å². The van der Waals surface area contributed by atoms with Gasteiger partial charge in [0, 0.05) is 157 Å². The van der Waals surface area contributed by atoms with E-state index in [0.717, 1.165) is 0 Å². The standard InChI is InChI=1S/5Ag.Sr. The molecule has 0 aromatic carbocycles. The minimum Gasteiger partial charge on any atom is 0 e. The van der Waals surface area contributed by atoms with Crippen LogP contribution in [0.4, 0.5) is 0 Å². The second-order valence-corrected chi connectivity index (χ2v) is 0. The van der Waals surface area contributed by atoms with Crippen molar-refractivity contribution in [3.05, 3.63) is 0 Å². The van der Waals surface area contributed by atoms with Crippen LogP contribution in [0.25, 0.3) is 0 Å². The molecule has 0 aliphatic carbocycles. The molecule has 0 spiro atoms. The van der Waals surface area contributed by atoms with Gasteiger partial charge in [0.15, 0.2) is 0 Å². The molecule has 0 unspecified atom stereocenters. The fraction of sp³-hybridized carbons (Fsp3) is 0. The molecule has 57 valence electrons. The number of rotatable bonds is 0. The molecule has 0 N–H and O–H groups in total. The van der Waals surface area contributed by atoms with Gasteiger partial charge in [-0.05, 0) is 0 Å². The van der Waals surface area contributed by atoms with Crippen molar-refractivity contribution in [2.45, 2.75) is 0 Å². The Kier molecular flexibility index (Phi) is 230. The summed E-state index contributed by atoms with van der Waals surface area (Å²) >= 11 is 0. The summed E-state index contributed by atoms with van der Waals surface area (Å²) in [5.74, 6) is 0. The van der Waals surface area contributed by atoms with Crippen LogP contribution in [0, 0.1) is 0 Å². The molecule has 0 aromatic heterocycles. The Morgan fingerprint density at radius 2 is 0.333 bits per heavy atom. The van der Waals surface area contributed by atoms with E-state index >= 15 is 0 Å². The molecule has 0 saturated heterocycles. The molecule has 0 rings (SSSR count). The molecule has 0 amide bonds. The van der Waals surface area contributed by atoms with E-state index in [9.17, 15) is 0 Å². The summed E-state index contributed by atoms with van der Waals surface area (Å²) in [6, 6.07) is 0. The number of hydrogen-bond donors (Lipinski definition) is 0. The molecule has 0 atom stereocenters. The second kappa shape index (κ2) is 32.0. The van der Waals surface area contributed by atoms with E-state index in [-0.39, 0.29) is 157 Å². The monoisotopic (exact) mass is 622 g/mol. The van der Waals surface area contributed by atoms with Crippen molar-refractivity contribution in [2.24, 2.45) is 0 Å². The quantitative estimate of drug-likeness (QED) is 0.322. The maximum atomic E-state index is 0. The maximum Gasteiger partial charge on any atom is 0 e. The predicted octanol–water partition coefficient (Wildman–Crippen LogP) is -0.393. The SMILES string of the molecule is [Ag].[Ag].[Ag].[Ag].[Ag].[Sr]. The molecule has 0 fully saturated rings. The summed E-state index contributed by atoms with van der Waals surface area (Å²) in [6.45, 7) is 0. The first kappa shape index (κ1) is 43.2. The van der Waals surface area contributed by atoms with Crippen LogP contribution in [-0.4, -0.2) is 45.5 Å². The van der Waals surface area contributed by atoms with Crippen LogP contribution in [-0.2, 0) is 112 Å². The minimum atomic E-state index is 0. The van der Waals surface area contributed by atoms with Crippen LogP contribution in [0.1, 0.15) is 0 Å². The minimum absolute atomic E-state index is 0. The van der Waals surface area contributed by atoms with E-state index in [0.29, 0.717) is 0 Å². The number of hydrogen-bond acceptors (Lipinski definition) is 0. The van der Waals surface area contributed by atoms with Gasteiger partial charge in [-0.1, -0.05) is 0 Å². The molecule has 0 heterocycles. The molecular formula is Ag5Sr. The summed E-state index contributed by atoms with van der Waals surface area (Å²) in [5, 5.41) is 0. The fourth-order valence-corrected chi connectivity index (χ4v) is 0. The molecular weight excluding hydrogens is 627 g/mol. The Bertz CT molecular complexity index is 3.90. The molecule has 6 heavy (non-hydrogen) atoms. The van der Waals surface area contributed by atoms with Crippen molar-refractivity contribution >= 4 is 45.5 Å². The zero-order valence-electron chi connectivity index (χ0n) is 2.21. The van der Waals surface area contributed by atoms with Gasteiger partial charge in [-0.15, -0.1) is 0 Å². The van der Waals surface area contributed by atoms with Gasteiger partial charge in [0.25, 0.3) is 0 Å². The average molecular weight is 627 g/mol. The van der Waals surface area contributed by atoms with E-state index in [1.54, 1.807) is 0 Å². The average Bonchev–Trinajstić information content (AvgIpc) is 0. The van der Waals surface area contributed by atoms with Gasteiger partial charge >= 0.3 is 0 Å². The Labute approximate surface area is 153 Å². The maximum absolute atomic E-state index is 0. The van der Waals surface area contributed by atoms with E-state index < -0.39 is 0 Å². The van der Waals surface area contributed by atoms with Crippen molar-refractivity contribution in [1.82, 2.24) is 0 Å². The van der Waals surface area contributed by atoms with Crippen LogP contribution in [0.3, 0.4) is 0 Å². The van der Waals surface area contributed by atoms with Gasteiger partial charge in [0.1, 0.15) is 0 Å². The summed E-state index contributed by atoms with van der Waals surface area (Å²) in [4.78, 5) is 0. The molecule has 0 bridgehead atoms. The third kappa shape index (κ3) is 22.9. The third-order valence-electron chi connectivity index (χ3n) is 0. The van der Waals surface area contributed by atoms with Crippen LogP contribution in [0.15, 0.2) is 0 Å². The summed E-state index contributed by atoms with van der Waals surface area (Å²) in [6.07, 6.45) is 0. The molecule has 0 saturated carbocycles. The first-order valence-electron chi connectivity index (χ1n) is 0. The molecule has 6 heteroatoms. The van der Waals surface area contributed by atoms with Crippen molar-refractivity contribution in [3.63, 3.8) is 0 Å². The van der Waals surface area contributed by atoms with Crippen molar-refractivity contribution < 1.29 is 112 Å². The van der Waals surface area contributed by atoms with Crippen LogP contribution < -0.4 is 0 Å². The smallest absolute Gasteiger partial charge is 0 e. The Hall–Kier alpha value is 5.18. The Balaban J connectivity index is 0. The fourth-order valence-electron chi connectivity index (χ4n) is 0. The van der Waals surface area contributed by atoms with E-state index in [1.807, 2.05) is 0 Å². The van der Waals surface area contributed by atoms with Crippen LogP contribution >= 0.6 is 0 Å². The Morgan fingerprint density at radius 3 is 0.333 bits per heavy atom. The Morgan fingerprint density at radius 1 is 0.333 bits per heavy atom. The van der Waals surface area contributed by atoms with Gasteiger partial charge in [-0.3, -0.25) is 0 Å². The van der Waals surface area contributed by atoms with E-state index in [2.05, 4.69) is 0 Å². The third-order valence-corrected chi connectivity index (χ3v) is 0. The first-order valence-corrected chi connectivity index (χ1v) is 0. The second-order valence-electron chi connectivity index (χ2n) is 0. The van der Waals surface area contributed by atoms with Gasteiger partial charge in [-0.2, -0.15) is 0 Å². The van der Waals surface area contributed by atoms with E-state index in [1.165, 1.54) is 0 Å². The zero-order valence-corrected chi connectivity index (χ0v) is 13.1. The van der Waals surface area contributed by atoms with Gasteiger partial charge in [-0.25, -0.2) is 0 Å². The predicted molar refractivity (Wildman–Crippen MR) is 5.75 cm³/mol. The van der Waals surface area contributed by atoms with Crippen LogP contribution in [0.5, 0.6) is 0 Å². The van der Waals surface area contributed by atoms with Crippen molar-refractivity contribution in [3.8, 4) is 0 Å². The van der Waals surface area contributed by atoms with Crippen molar-refractivity contribution in [2.75, 3.05) is 0 Å². The van der Waals surface area contributed by atoms with E-state index in [4.69, 9.17) is 0 Å². The molecule has 0 nitrogen and oxygen atoms in total. The normalized spacial score (nSPS) is 0. The molecule has 7 radical (unpaired) electrons. The summed E-state index contributed by atoms with van der Waals surface area (Å²) in [5.41, 5.74) is 0. The molecule has 0 aromatic rings. The topological polar surface area (TPSA) is 0 Å². The molecule has 0 aliphatic heterocycles. The largest absolute Gasteiger partial charge is 0 e. The first-order chi connectivity index (χ1) is 0. The summed E-state index contributed by atoms with van der Waals surface area (Å²) in [7, 11) is 0. The summed E-state index contributed by atoms with van der Waals surface area (Å²) < 4.78 is 0. The van der Waals surface area contributed by atoms with Crippen molar-refractivity contribution in [1.29, 1.82) is 0 Å². The zero-order chi connectivity index (χ0) is 0. The van der Waals surface area contributed by atoms with Gasteiger partial charge < -0.3 is 0 Å². The van der Waals surface area contributed by atoms with Gasteiger partial charge in [0.2, 0.25) is 0 Å².